The van der Waals surface area contributed by atoms with E-state index >= 15 is 0 Å². The lowest BCUT2D eigenvalue weighted by Crippen LogP contribution is -2.15. The van der Waals surface area contributed by atoms with Crippen LogP contribution in [0.4, 0.5) is 34.1 Å². The summed E-state index contributed by atoms with van der Waals surface area (Å²) in [6, 6.07) is 85.6. The van der Waals surface area contributed by atoms with E-state index < -0.39 is 0 Å². The lowest BCUT2D eigenvalue weighted by atomic mass is 9.88. The topological polar surface area (TPSA) is 32.8 Å². The molecule has 0 saturated heterocycles. The van der Waals surface area contributed by atoms with E-state index in [0.717, 1.165) is 111 Å². The maximum absolute atomic E-state index is 6.97. The molecule has 0 aliphatic rings. The van der Waals surface area contributed by atoms with Gasteiger partial charge in [0.25, 0.3) is 0 Å². The van der Waals surface area contributed by atoms with Gasteiger partial charge in [0.1, 0.15) is 11.2 Å². The summed E-state index contributed by atoms with van der Waals surface area (Å²) < 4.78 is 13.9. The molecule has 0 bridgehead atoms. The van der Waals surface area contributed by atoms with E-state index in [1.54, 1.807) is 0 Å². The Balaban J connectivity index is 1.14. The summed E-state index contributed by atoms with van der Waals surface area (Å²) in [6.45, 7) is 4.56. The Morgan fingerprint density at radius 3 is 1.21 bits per heavy atom. The van der Waals surface area contributed by atoms with Gasteiger partial charge in [0.15, 0.2) is 11.2 Å². The van der Waals surface area contributed by atoms with Gasteiger partial charge in [0.05, 0.1) is 22.7 Å². The fourth-order valence-electron chi connectivity index (χ4n) is 11.1. The third kappa shape index (κ3) is 6.60. The Bertz CT molecular complexity index is 4070. The number of fused-ring (bicyclic) bond motifs is 6. The molecule has 14 aromatic rings. The van der Waals surface area contributed by atoms with Crippen LogP contribution in [0.1, 0.15) is 25.3 Å². The first kappa shape index (κ1) is 40.9. The number of furan rings is 2. The third-order valence-electron chi connectivity index (χ3n) is 14.5. The second-order valence-electron chi connectivity index (χ2n) is 19.0. The minimum Gasteiger partial charge on any atom is -0.454 e. The lowest BCUT2D eigenvalue weighted by molar-refractivity contribution is 0.669. The highest BCUT2D eigenvalue weighted by Gasteiger charge is 2.28. The first-order valence-corrected chi connectivity index (χ1v) is 24.5. The van der Waals surface area contributed by atoms with Crippen molar-refractivity contribution in [1.82, 2.24) is 0 Å². The molecule has 14 rings (SSSR count). The van der Waals surface area contributed by atoms with Gasteiger partial charge in [-0.2, -0.15) is 0 Å². The predicted molar refractivity (Wildman–Crippen MR) is 299 cm³/mol. The summed E-state index contributed by atoms with van der Waals surface area (Å²) in [5.41, 5.74) is 15.2. The summed E-state index contributed by atoms with van der Waals surface area (Å²) >= 11 is 0. The van der Waals surface area contributed by atoms with E-state index in [4.69, 9.17) is 8.83 Å². The molecule has 0 amide bonds. The second kappa shape index (κ2) is 16.3. The molecule has 0 unspecified atom stereocenters. The van der Waals surface area contributed by atoms with Crippen LogP contribution in [0, 0.1) is 0 Å². The molecule has 336 valence electrons. The van der Waals surface area contributed by atoms with Crippen LogP contribution < -0.4 is 9.80 Å². The van der Waals surface area contributed by atoms with Crippen molar-refractivity contribution in [3.8, 4) is 22.3 Å². The number of para-hydroxylation sites is 4. The van der Waals surface area contributed by atoms with E-state index in [1.807, 2.05) is 12.1 Å². The Hall–Kier alpha value is -9.12. The number of hydrogen-bond acceptors (Lipinski definition) is 4. The average molecular weight is 911 g/mol. The van der Waals surface area contributed by atoms with Crippen LogP contribution in [-0.2, 0) is 0 Å². The molecule has 12 aromatic carbocycles. The largest absolute Gasteiger partial charge is 0.454 e. The zero-order valence-electron chi connectivity index (χ0n) is 39.3. The van der Waals surface area contributed by atoms with Gasteiger partial charge in [-0.3, -0.25) is 0 Å². The van der Waals surface area contributed by atoms with Crippen molar-refractivity contribution in [2.24, 2.45) is 0 Å². The number of rotatable bonds is 9. The van der Waals surface area contributed by atoms with Crippen LogP contribution in [-0.4, -0.2) is 0 Å². The Morgan fingerprint density at radius 2 is 0.732 bits per heavy atom. The van der Waals surface area contributed by atoms with Gasteiger partial charge in [0.2, 0.25) is 0 Å². The average Bonchev–Trinajstić information content (AvgIpc) is 4.01. The maximum atomic E-state index is 6.97. The Kier molecular flexibility index (Phi) is 9.37. The fourth-order valence-corrected chi connectivity index (χ4v) is 11.1. The van der Waals surface area contributed by atoms with Crippen molar-refractivity contribution in [2.45, 2.75) is 19.8 Å². The zero-order chi connectivity index (χ0) is 47.2. The van der Waals surface area contributed by atoms with Gasteiger partial charge in [-0.25, -0.2) is 0 Å². The number of nitrogens with zero attached hydrogens (tertiary/aromatic N) is 2. The first-order chi connectivity index (χ1) is 35.0. The van der Waals surface area contributed by atoms with E-state index in [-0.39, 0.29) is 0 Å². The summed E-state index contributed by atoms with van der Waals surface area (Å²) in [5.74, 6) is 0.372. The van der Waals surface area contributed by atoms with Crippen LogP contribution in [0.15, 0.2) is 245 Å². The normalized spacial score (nSPS) is 11.9. The smallest absolute Gasteiger partial charge is 0.159 e. The predicted octanol–water partition coefficient (Wildman–Crippen LogP) is 19.8. The monoisotopic (exact) mass is 910 g/mol. The summed E-state index contributed by atoms with van der Waals surface area (Å²) in [7, 11) is 0. The lowest BCUT2D eigenvalue weighted by Gasteiger charge is -2.32. The summed E-state index contributed by atoms with van der Waals surface area (Å²) in [4.78, 5) is 4.87. The molecule has 4 heteroatoms. The van der Waals surface area contributed by atoms with Crippen molar-refractivity contribution in [2.75, 3.05) is 9.80 Å². The van der Waals surface area contributed by atoms with Gasteiger partial charge in [-0.1, -0.05) is 196 Å². The van der Waals surface area contributed by atoms with E-state index in [1.165, 1.54) is 27.1 Å². The molecule has 0 aliphatic heterocycles. The molecule has 2 heterocycles. The van der Waals surface area contributed by atoms with Gasteiger partial charge >= 0.3 is 0 Å². The molecule has 2 aromatic heterocycles. The Morgan fingerprint density at radius 1 is 0.310 bits per heavy atom. The molecule has 71 heavy (non-hydrogen) atoms. The molecule has 0 spiro atoms. The van der Waals surface area contributed by atoms with Gasteiger partial charge in [-0.15, -0.1) is 0 Å². The highest BCUT2D eigenvalue weighted by Crippen LogP contribution is 2.53. The highest BCUT2D eigenvalue weighted by molar-refractivity contribution is 6.29. The SMILES string of the molecule is CC(C)c1cc2ccc3c(N(c4cccc(-c5ccccc5)c4)c4cccc5c4oc4ccccc45)cc(N(c4cccc(-c5ccccc5)c4)c4cccc5c4oc4ccccc45)c4ccc(c1)c2c34. The molecule has 0 saturated carbocycles. The minimum absolute atomic E-state index is 0.372. The van der Waals surface area contributed by atoms with Crippen molar-refractivity contribution in [3.63, 3.8) is 0 Å². The van der Waals surface area contributed by atoms with Crippen molar-refractivity contribution in [3.05, 3.63) is 242 Å². The molecule has 4 nitrogen and oxygen atoms in total. The zero-order valence-corrected chi connectivity index (χ0v) is 39.3. The quantitative estimate of drug-likeness (QED) is 0.135. The molecule has 0 N–H and O–H groups in total. The van der Waals surface area contributed by atoms with Crippen molar-refractivity contribution in [1.29, 1.82) is 0 Å². The van der Waals surface area contributed by atoms with Crippen molar-refractivity contribution >= 4 is 110 Å². The summed E-state index contributed by atoms with van der Waals surface area (Å²) in [5, 5.41) is 11.5. The van der Waals surface area contributed by atoms with E-state index in [2.05, 4.69) is 248 Å². The Labute approximate surface area is 411 Å². The molecule has 0 aliphatic carbocycles. The number of anilines is 6. The molecule has 0 radical (unpaired) electrons. The summed E-state index contributed by atoms with van der Waals surface area (Å²) in [6.07, 6.45) is 0. The molecule has 0 fully saturated rings. The highest BCUT2D eigenvalue weighted by atomic mass is 16.3. The van der Waals surface area contributed by atoms with Crippen molar-refractivity contribution < 1.29 is 8.83 Å². The molecule has 0 atom stereocenters. The van der Waals surface area contributed by atoms with E-state index in [9.17, 15) is 0 Å². The molecular weight excluding hydrogens is 865 g/mol. The second-order valence-corrected chi connectivity index (χ2v) is 19.0. The number of benzene rings is 12. The third-order valence-corrected chi connectivity index (χ3v) is 14.5. The van der Waals surface area contributed by atoms with Gasteiger partial charge in [0, 0.05) is 49.1 Å². The standard InChI is InChI=1S/C67H46N2O2/c1-42(2)49-37-47-33-35-56-60(68(50-23-13-21-45(39-50)43-17-5-3-6-18-43)58-29-15-27-54-52-25-9-11-31-62(52)70-66(54)58)41-61(57-36-34-48(38-49)64(47)65(56)57)69(51-24-14-22-46(40-51)44-19-7-4-8-20-44)59-30-16-28-55-53-26-10-12-32-63(53)71-67(55)59/h3-42H,1-2H3. The minimum atomic E-state index is 0.372. The number of hydrogen-bond donors (Lipinski definition) is 0. The van der Waals surface area contributed by atoms with Crippen LogP contribution in [0.3, 0.4) is 0 Å². The van der Waals surface area contributed by atoms with Crippen LogP contribution in [0.5, 0.6) is 0 Å². The van der Waals surface area contributed by atoms with E-state index in [0.29, 0.717) is 5.92 Å². The maximum Gasteiger partial charge on any atom is 0.159 e. The van der Waals surface area contributed by atoms with Crippen LogP contribution in [0.2, 0.25) is 0 Å². The van der Waals surface area contributed by atoms with Crippen LogP contribution in [0.25, 0.3) is 98.4 Å². The fraction of sp³-hybridized carbons (Fsp3) is 0.0448. The van der Waals surface area contributed by atoms with Gasteiger partial charge < -0.3 is 18.6 Å². The molecular formula is C67H46N2O2. The van der Waals surface area contributed by atoms with Gasteiger partial charge in [-0.05, 0) is 104 Å². The van der Waals surface area contributed by atoms with Crippen LogP contribution >= 0.6 is 0 Å². The first-order valence-electron chi connectivity index (χ1n) is 24.5.